The number of hydrogen-bond donors (Lipinski definition) is 1. The topological polar surface area (TPSA) is 42.2 Å². The van der Waals surface area contributed by atoms with Gasteiger partial charge in [0.2, 0.25) is 0 Å². The highest BCUT2D eigenvalue weighted by atomic mass is 32.1. The summed E-state index contributed by atoms with van der Waals surface area (Å²) in [5.74, 6) is 1.44. The second-order valence-electron chi connectivity index (χ2n) is 3.75. The van der Waals surface area contributed by atoms with Gasteiger partial charge >= 0.3 is 0 Å². The first kappa shape index (κ1) is 8.81. The maximum atomic E-state index is 5.59. The van der Waals surface area contributed by atoms with E-state index in [0.717, 1.165) is 24.1 Å². The number of aromatic nitrogens is 1. The van der Waals surface area contributed by atoms with E-state index in [-0.39, 0.29) is 0 Å². The van der Waals surface area contributed by atoms with Gasteiger partial charge < -0.3 is 10.6 Å². The monoisotopic (exact) mass is 197 g/mol. The summed E-state index contributed by atoms with van der Waals surface area (Å²) in [5, 5.41) is 3.00. The van der Waals surface area contributed by atoms with Gasteiger partial charge in [-0.1, -0.05) is 6.92 Å². The van der Waals surface area contributed by atoms with Gasteiger partial charge in [-0.25, -0.2) is 4.98 Å². The van der Waals surface area contributed by atoms with Crippen molar-refractivity contribution in [1.29, 1.82) is 0 Å². The van der Waals surface area contributed by atoms with Gasteiger partial charge in [-0.2, -0.15) is 0 Å². The summed E-state index contributed by atoms with van der Waals surface area (Å²) >= 11 is 1.65. The Labute approximate surface area is 82.6 Å². The van der Waals surface area contributed by atoms with E-state index in [1.807, 2.05) is 5.38 Å². The van der Waals surface area contributed by atoms with Gasteiger partial charge in [0.1, 0.15) is 5.82 Å². The van der Waals surface area contributed by atoms with E-state index < -0.39 is 0 Å². The number of rotatable bonds is 1. The van der Waals surface area contributed by atoms with Crippen LogP contribution in [0.2, 0.25) is 0 Å². The average molecular weight is 197 g/mol. The summed E-state index contributed by atoms with van der Waals surface area (Å²) in [6, 6.07) is 0. The molecule has 13 heavy (non-hydrogen) atoms. The molecular formula is C9H15N3S. The predicted octanol–water partition coefficient (Wildman–Crippen LogP) is 1.96. The molecule has 0 bridgehead atoms. The molecule has 72 valence electrons. The molecule has 1 atom stereocenters. The van der Waals surface area contributed by atoms with Crippen molar-refractivity contribution in [2.45, 2.75) is 19.8 Å². The van der Waals surface area contributed by atoms with E-state index in [1.165, 1.54) is 12.8 Å². The number of anilines is 2. The summed E-state index contributed by atoms with van der Waals surface area (Å²) < 4.78 is 0. The van der Waals surface area contributed by atoms with Crippen LogP contribution in [0, 0.1) is 5.92 Å². The standard InChI is InChI=1S/C9H15N3S/c1-7-3-2-4-12(5-7)9-11-8(10)6-13-9/h6-7H,2-5,10H2,1H3/t7-/m1/s1. The van der Waals surface area contributed by atoms with E-state index in [1.54, 1.807) is 11.3 Å². The highest BCUT2D eigenvalue weighted by Gasteiger charge is 2.18. The Morgan fingerprint density at radius 3 is 3.15 bits per heavy atom. The Morgan fingerprint density at radius 2 is 2.54 bits per heavy atom. The Hall–Kier alpha value is -0.770. The van der Waals surface area contributed by atoms with E-state index in [2.05, 4.69) is 16.8 Å². The third kappa shape index (κ3) is 1.94. The zero-order chi connectivity index (χ0) is 9.26. The van der Waals surface area contributed by atoms with Gasteiger partial charge in [0.15, 0.2) is 5.13 Å². The minimum absolute atomic E-state index is 0.651. The van der Waals surface area contributed by atoms with Crippen molar-refractivity contribution in [3.8, 4) is 0 Å². The Morgan fingerprint density at radius 1 is 1.69 bits per heavy atom. The molecule has 0 spiro atoms. The summed E-state index contributed by atoms with van der Waals surface area (Å²) in [6.45, 7) is 4.56. The third-order valence-electron chi connectivity index (χ3n) is 2.44. The largest absolute Gasteiger partial charge is 0.383 e. The van der Waals surface area contributed by atoms with Crippen LogP contribution in [0.4, 0.5) is 10.9 Å². The van der Waals surface area contributed by atoms with Crippen LogP contribution in [0.5, 0.6) is 0 Å². The molecule has 1 fully saturated rings. The summed E-state index contributed by atoms with van der Waals surface area (Å²) in [5.41, 5.74) is 5.59. The highest BCUT2D eigenvalue weighted by Crippen LogP contribution is 2.26. The number of nitrogens with two attached hydrogens (primary N) is 1. The normalized spacial score (nSPS) is 23.5. The molecule has 2 heterocycles. The molecule has 2 N–H and O–H groups in total. The minimum atomic E-state index is 0.651. The van der Waals surface area contributed by atoms with Crippen molar-refractivity contribution < 1.29 is 0 Å². The van der Waals surface area contributed by atoms with E-state index in [9.17, 15) is 0 Å². The lowest BCUT2D eigenvalue weighted by atomic mass is 10.0. The van der Waals surface area contributed by atoms with Gasteiger partial charge in [-0.05, 0) is 18.8 Å². The van der Waals surface area contributed by atoms with E-state index >= 15 is 0 Å². The van der Waals surface area contributed by atoms with Gasteiger partial charge in [0, 0.05) is 18.5 Å². The van der Waals surface area contributed by atoms with Crippen molar-refractivity contribution in [1.82, 2.24) is 4.98 Å². The van der Waals surface area contributed by atoms with Gasteiger partial charge in [0.05, 0.1) is 0 Å². The molecule has 4 heteroatoms. The quantitative estimate of drug-likeness (QED) is 0.748. The average Bonchev–Trinajstić information content (AvgIpc) is 2.52. The summed E-state index contributed by atoms with van der Waals surface area (Å²) in [7, 11) is 0. The number of nitrogen functional groups attached to an aromatic ring is 1. The van der Waals surface area contributed by atoms with Crippen molar-refractivity contribution in [2.75, 3.05) is 23.7 Å². The molecule has 0 unspecified atom stereocenters. The molecule has 0 aromatic carbocycles. The van der Waals surface area contributed by atoms with Gasteiger partial charge in [-0.15, -0.1) is 11.3 Å². The van der Waals surface area contributed by atoms with Crippen LogP contribution in [0.15, 0.2) is 5.38 Å². The van der Waals surface area contributed by atoms with Crippen LogP contribution >= 0.6 is 11.3 Å². The smallest absolute Gasteiger partial charge is 0.187 e. The fraction of sp³-hybridized carbons (Fsp3) is 0.667. The fourth-order valence-corrected chi connectivity index (χ4v) is 2.54. The Kier molecular flexibility index (Phi) is 2.40. The van der Waals surface area contributed by atoms with Crippen molar-refractivity contribution in [3.63, 3.8) is 0 Å². The zero-order valence-corrected chi connectivity index (χ0v) is 8.68. The first-order chi connectivity index (χ1) is 6.25. The predicted molar refractivity (Wildman–Crippen MR) is 57.1 cm³/mol. The molecule has 3 nitrogen and oxygen atoms in total. The molecule has 1 aliphatic heterocycles. The Bertz CT molecular complexity index is 284. The SMILES string of the molecule is C[C@@H]1CCCN(c2nc(N)cs2)C1. The second kappa shape index (κ2) is 3.54. The van der Waals surface area contributed by atoms with Crippen molar-refractivity contribution >= 4 is 22.3 Å². The van der Waals surface area contributed by atoms with Crippen LogP contribution in [-0.2, 0) is 0 Å². The molecule has 0 aliphatic carbocycles. The van der Waals surface area contributed by atoms with Crippen LogP contribution in [-0.4, -0.2) is 18.1 Å². The second-order valence-corrected chi connectivity index (χ2v) is 4.58. The molecule has 1 aromatic heterocycles. The minimum Gasteiger partial charge on any atom is -0.383 e. The molecule has 0 amide bonds. The molecule has 0 radical (unpaired) electrons. The number of nitrogens with zero attached hydrogens (tertiary/aromatic N) is 2. The molecule has 1 aromatic rings. The van der Waals surface area contributed by atoms with Crippen LogP contribution in [0.25, 0.3) is 0 Å². The molecule has 1 aliphatic rings. The van der Waals surface area contributed by atoms with Gasteiger partial charge in [-0.3, -0.25) is 0 Å². The van der Waals surface area contributed by atoms with Gasteiger partial charge in [0.25, 0.3) is 0 Å². The molecule has 0 saturated carbocycles. The van der Waals surface area contributed by atoms with Crippen LogP contribution < -0.4 is 10.6 Å². The number of thiazole rings is 1. The first-order valence-corrected chi connectivity index (χ1v) is 5.59. The summed E-state index contributed by atoms with van der Waals surface area (Å²) in [4.78, 5) is 6.63. The maximum Gasteiger partial charge on any atom is 0.187 e. The lowest BCUT2D eigenvalue weighted by Crippen LogP contribution is -2.34. The summed E-state index contributed by atoms with van der Waals surface area (Å²) in [6.07, 6.45) is 2.62. The first-order valence-electron chi connectivity index (χ1n) is 4.71. The van der Waals surface area contributed by atoms with Crippen LogP contribution in [0.1, 0.15) is 19.8 Å². The zero-order valence-electron chi connectivity index (χ0n) is 7.86. The van der Waals surface area contributed by atoms with Crippen molar-refractivity contribution in [3.05, 3.63) is 5.38 Å². The number of piperidine rings is 1. The molecular weight excluding hydrogens is 182 g/mol. The molecule has 1 saturated heterocycles. The fourth-order valence-electron chi connectivity index (χ4n) is 1.78. The maximum absolute atomic E-state index is 5.59. The third-order valence-corrected chi connectivity index (χ3v) is 3.36. The lowest BCUT2D eigenvalue weighted by molar-refractivity contribution is 0.446. The molecule has 2 rings (SSSR count). The number of hydrogen-bond acceptors (Lipinski definition) is 4. The Balaban J connectivity index is 2.08. The van der Waals surface area contributed by atoms with Crippen LogP contribution in [0.3, 0.4) is 0 Å². The van der Waals surface area contributed by atoms with Crippen molar-refractivity contribution in [2.24, 2.45) is 5.92 Å². The van der Waals surface area contributed by atoms with E-state index in [0.29, 0.717) is 5.82 Å². The highest BCUT2D eigenvalue weighted by molar-refractivity contribution is 7.14. The van der Waals surface area contributed by atoms with E-state index in [4.69, 9.17) is 5.73 Å². The lowest BCUT2D eigenvalue weighted by Gasteiger charge is -2.30.